The molecule has 0 saturated carbocycles. The second-order valence-electron chi connectivity index (χ2n) is 7.95. The number of hydrogen-bond donors (Lipinski definition) is 1. The average Bonchev–Trinajstić information content (AvgIpc) is 2.84. The van der Waals surface area contributed by atoms with Gasteiger partial charge in [0.25, 0.3) is 0 Å². The standard InChI is InChI=1S/C25H25FN2O3S/c26-22-13-7-8-14-23(22)32(30,31)28-17-15-25(16-18-28,21-11-5-2-6-12-21)24(29)27-19-20-9-3-1-4-10-20/h1-14H,15-19H2,(H,27,29). The molecule has 32 heavy (non-hydrogen) atoms. The number of benzene rings is 3. The molecule has 1 fully saturated rings. The lowest BCUT2D eigenvalue weighted by Crippen LogP contribution is -2.52. The van der Waals surface area contributed by atoms with E-state index in [-0.39, 0.29) is 23.9 Å². The molecule has 0 spiro atoms. The number of hydrogen-bond acceptors (Lipinski definition) is 3. The lowest BCUT2D eigenvalue weighted by Gasteiger charge is -2.40. The summed E-state index contributed by atoms with van der Waals surface area (Å²) in [6.45, 7) is 0.653. The molecule has 0 radical (unpaired) electrons. The number of carbonyl (C=O) groups excluding carboxylic acids is 1. The van der Waals surface area contributed by atoms with E-state index in [1.807, 2.05) is 60.7 Å². The van der Waals surface area contributed by atoms with Crippen molar-refractivity contribution in [1.82, 2.24) is 9.62 Å². The highest BCUT2D eigenvalue weighted by Crippen LogP contribution is 2.37. The fourth-order valence-corrected chi connectivity index (χ4v) is 5.76. The molecule has 3 aromatic rings. The van der Waals surface area contributed by atoms with Gasteiger partial charge < -0.3 is 5.32 Å². The van der Waals surface area contributed by atoms with E-state index in [1.165, 1.54) is 22.5 Å². The molecule has 0 atom stereocenters. The van der Waals surface area contributed by atoms with Gasteiger partial charge in [0.15, 0.2) is 0 Å². The summed E-state index contributed by atoms with van der Waals surface area (Å²) >= 11 is 0. The molecular weight excluding hydrogens is 427 g/mol. The highest BCUT2D eigenvalue weighted by Gasteiger charge is 2.45. The Kier molecular flexibility index (Phi) is 6.39. The van der Waals surface area contributed by atoms with Crippen molar-refractivity contribution < 1.29 is 17.6 Å². The van der Waals surface area contributed by atoms with E-state index in [4.69, 9.17) is 0 Å². The molecule has 4 rings (SSSR count). The summed E-state index contributed by atoms with van der Waals surface area (Å²) in [5.41, 5.74) is 0.995. The predicted molar refractivity (Wildman–Crippen MR) is 121 cm³/mol. The van der Waals surface area contributed by atoms with Crippen LogP contribution in [-0.2, 0) is 26.8 Å². The van der Waals surface area contributed by atoms with Crippen LogP contribution >= 0.6 is 0 Å². The second-order valence-corrected chi connectivity index (χ2v) is 9.86. The number of carbonyl (C=O) groups is 1. The minimum absolute atomic E-state index is 0.129. The Morgan fingerprint density at radius 1 is 0.875 bits per heavy atom. The fourth-order valence-electron chi connectivity index (χ4n) is 4.25. The Hall–Kier alpha value is -3.03. The first-order valence-corrected chi connectivity index (χ1v) is 12.0. The van der Waals surface area contributed by atoms with Crippen molar-refractivity contribution in [1.29, 1.82) is 0 Å². The van der Waals surface area contributed by atoms with Crippen LogP contribution in [0, 0.1) is 5.82 Å². The molecule has 1 saturated heterocycles. The molecule has 0 aliphatic carbocycles. The molecule has 1 amide bonds. The third-order valence-electron chi connectivity index (χ3n) is 6.09. The van der Waals surface area contributed by atoms with Crippen LogP contribution < -0.4 is 5.32 Å². The Morgan fingerprint density at radius 2 is 1.44 bits per heavy atom. The van der Waals surface area contributed by atoms with Gasteiger partial charge in [-0.3, -0.25) is 4.79 Å². The van der Waals surface area contributed by atoms with Gasteiger partial charge in [0, 0.05) is 19.6 Å². The lowest BCUT2D eigenvalue weighted by molar-refractivity contribution is -0.128. The summed E-state index contributed by atoms with van der Waals surface area (Å²) < 4.78 is 41.5. The van der Waals surface area contributed by atoms with Gasteiger partial charge in [0.2, 0.25) is 15.9 Å². The molecule has 1 heterocycles. The Morgan fingerprint density at radius 3 is 2.06 bits per heavy atom. The van der Waals surface area contributed by atoms with E-state index in [0.717, 1.165) is 17.2 Å². The maximum absolute atomic E-state index is 14.2. The van der Waals surface area contributed by atoms with Gasteiger partial charge in [-0.15, -0.1) is 0 Å². The molecule has 166 valence electrons. The summed E-state index contributed by atoms with van der Waals surface area (Å²) in [5.74, 6) is -0.900. The summed E-state index contributed by atoms with van der Waals surface area (Å²) in [5, 5.41) is 3.04. The van der Waals surface area contributed by atoms with E-state index in [2.05, 4.69) is 5.32 Å². The van der Waals surface area contributed by atoms with Crippen LogP contribution in [0.1, 0.15) is 24.0 Å². The third-order valence-corrected chi connectivity index (χ3v) is 8.02. The molecule has 5 nitrogen and oxygen atoms in total. The van der Waals surface area contributed by atoms with Crippen LogP contribution in [0.15, 0.2) is 89.8 Å². The number of amides is 1. The topological polar surface area (TPSA) is 66.5 Å². The molecule has 0 bridgehead atoms. The highest BCUT2D eigenvalue weighted by atomic mass is 32.2. The van der Waals surface area contributed by atoms with Gasteiger partial charge in [0.1, 0.15) is 10.7 Å². The molecule has 1 aliphatic rings. The molecule has 0 aromatic heterocycles. The number of piperidine rings is 1. The molecule has 3 aromatic carbocycles. The first-order valence-electron chi connectivity index (χ1n) is 10.6. The van der Waals surface area contributed by atoms with Crippen molar-refractivity contribution in [3.8, 4) is 0 Å². The minimum Gasteiger partial charge on any atom is -0.351 e. The smallest absolute Gasteiger partial charge is 0.245 e. The normalized spacial score (nSPS) is 16.4. The first kappa shape index (κ1) is 22.2. The average molecular weight is 453 g/mol. The van der Waals surface area contributed by atoms with Gasteiger partial charge in [-0.1, -0.05) is 72.8 Å². The van der Waals surface area contributed by atoms with Gasteiger partial charge >= 0.3 is 0 Å². The van der Waals surface area contributed by atoms with Crippen molar-refractivity contribution in [2.75, 3.05) is 13.1 Å². The van der Waals surface area contributed by atoms with E-state index in [1.54, 1.807) is 0 Å². The lowest BCUT2D eigenvalue weighted by atomic mass is 9.72. The SMILES string of the molecule is O=C(NCc1ccccc1)C1(c2ccccc2)CCN(S(=O)(=O)c2ccccc2F)CC1. The van der Waals surface area contributed by atoms with Crippen LogP contribution in [0.5, 0.6) is 0 Å². The zero-order valence-corrected chi connectivity index (χ0v) is 18.4. The number of nitrogens with zero attached hydrogens (tertiary/aromatic N) is 1. The van der Waals surface area contributed by atoms with Crippen molar-refractivity contribution in [2.45, 2.75) is 29.7 Å². The van der Waals surface area contributed by atoms with E-state index in [9.17, 15) is 17.6 Å². The quantitative estimate of drug-likeness (QED) is 0.618. The summed E-state index contributed by atoms with van der Waals surface area (Å²) in [4.78, 5) is 13.1. The van der Waals surface area contributed by atoms with Crippen LogP contribution in [0.4, 0.5) is 4.39 Å². The predicted octanol–water partition coefficient (Wildman–Crippen LogP) is 3.86. The highest BCUT2D eigenvalue weighted by molar-refractivity contribution is 7.89. The number of rotatable bonds is 6. The van der Waals surface area contributed by atoms with Gasteiger partial charge in [-0.25, -0.2) is 12.8 Å². The zero-order chi connectivity index (χ0) is 22.6. The van der Waals surface area contributed by atoms with Crippen molar-refractivity contribution in [3.05, 3.63) is 102 Å². The largest absolute Gasteiger partial charge is 0.351 e. The Bertz CT molecular complexity index is 1180. The minimum atomic E-state index is -3.98. The number of sulfonamides is 1. The van der Waals surface area contributed by atoms with Gasteiger partial charge in [-0.2, -0.15) is 4.31 Å². The zero-order valence-electron chi connectivity index (χ0n) is 17.6. The van der Waals surface area contributed by atoms with Crippen LogP contribution in [0.3, 0.4) is 0 Å². The number of halogens is 1. The van der Waals surface area contributed by atoms with Crippen LogP contribution in [0.2, 0.25) is 0 Å². The van der Waals surface area contributed by atoms with Crippen molar-refractivity contribution >= 4 is 15.9 Å². The maximum atomic E-state index is 14.2. The number of nitrogens with one attached hydrogen (secondary N) is 1. The molecule has 7 heteroatoms. The Labute approximate surface area is 187 Å². The van der Waals surface area contributed by atoms with E-state index >= 15 is 0 Å². The molecule has 1 N–H and O–H groups in total. The third kappa shape index (κ3) is 4.31. The second kappa shape index (κ2) is 9.22. The van der Waals surface area contributed by atoms with Crippen LogP contribution in [-0.4, -0.2) is 31.7 Å². The summed E-state index contributed by atoms with van der Waals surface area (Å²) in [6, 6.07) is 24.5. The summed E-state index contributed by atoms with van der Waals surface area (Å²) in [7, 11) is -3.98. The van der Waals surface area contributed by atoms with E-state index in [0.29, 0.717) is 19.4 Å². The Balaban J connectivity index is 1.57. The fraction of sp³-hybridized carbons (Fsp3) is 0.240. The molecular formula is C25H25FN2O3S. The molecule has 1 aliphatic heterocycles. The van der Waals surface area contributed by atoms with E-state index < -0.39 is 21.3 Å². The van der Waals surface area contributed by atoms with Crippen molar-refractivity contribution in [2.24, 2.45) is 0 Å². The van der Waals surface area contributed by atoms with Gasteiger partial charge in [-0.05, 0) is 36.1 Å². The monoisotopic (exact) mass is 452 g/mol. The van der Waals surface area contributed by atoms with Crippen LogP contribution in [0.25, 0.3) is 0 Å². The molecule has 0 unspecified atom stereocenters. The summed E-state index contributed by atoms with van der Waals surface area (Å²) in [6.07, 6.45) is 0.622. The maximum Gasteiger partial charge on any atom is 0.245 e. The first-order chi connectivity index (χ1) is 15.4. The van der Waals surface area contributed by atoms with Gasteiger partial charge in [0.05, 0.1) is 5.41 Å². The van der Waals surface area contributed by atoms with Crippen molar-refractivity contribution in [3.63, 3.8) is 0 Å².